The van der Waals surface area contributed by atoms with Crippen LogP contribution in [0, 0.1) is 0 Å². The van der Waals surface area contributed by atoms with E-state index in [1.54, 1.807) is 6.21 Å². The Morgan fingerprint density at radius 3 is 2.92 bits per heavy atom. The lowest BCUT2D eigenvalue weighted by atomic mass is 10.2. The van der Waals surface area contributed by atoms with Crippen molar-refractivity contribution in [1.29, 1.82) is 0 Å². The number of aliphatic hydroxyl groups excluding tert-OH is 1. The van der Waals surface area contributed by atoms with E-state index in [0.717, 1.165) is 19.3 Å². The van der Waals surface area contributed by atoms with E-state index in [-0.39, 0.29) is 18.1 Å². The Bertz CT molecular complexity index is 227. The number of hydrogen-bond acceptors (Lipinski definition) is 3. The monoisotopic (exact) mass is 168 g/mol. The molecule has 2 rings (SSSR count). The smallest absolute Gasteiger partial charge is 0.248 e. The van der Waals surface area contributed by atoms with Crippen LogP contribution in [-0.4, -0.2) is 34.4 Å². The molecule has 66 valence electrons. The van der Waals surface area contributed by atoms with Crippen LogP contribution in [0.5, 0.6) is 0 Å². The summed E-state index contributed by atoms with van der Waals surface area (Å²) in [6, 6.07) is -0.0590. The fourth-order valence-electron chi connectivity index (χ4n) is 1.84. The maximum atomic E-state index is 11.2. The quantitative estimate of drug-likeness (QED) is 0.604. The van der Waals surface area contributed by atoms with Crippen LogP contribution in [0.15, 0.2) is 5.10 Å². The molecule has 1 amide bonds. The lowest BCUT2D eigenvalue weighted by Crippen LogP contribution is -2.38. The van der Waals surface area contributed by atoms with Crippen LogP contribution in [0.25, 0.3) is 0 Å². The van der Waals surface area contributed by atoms with Crippen molar-refractivity contribution < 1.29 is 9.90 Å². The lowest BCUT2D eigenvalue weighted by molar-refractivity contribution is -0.132. The Balaban J connectivity index is 2.08. The summed E-state index contributed by atoms with van der Waals surface area (Å²) >= 11 is 0. The Kier molecular flexibility index (Phi) is 1.84. The highest BCUT2D eigenvalue weighted by Gasteiger charge is 2.34. The number of nitrogens with zero attached hydrogens (tertiary/aromatic N) is 2. The molecule has 12 heavy (non-hydrogen) atoms. The van der Waals surface area contributed by atoms with Crippen LogP contribution in [0.1, 0.15) is 25.7 Å². The van der Waals surface area contributed by atoms with E-state index >= 15 is 0 Å². The van der Waals surface area contributed by atoms with Gasteiger partial charge in [-0.05, 0) is 19.3 Å². The van der Waals surface area contributed by atoms with Gasteiger partial charge in [-0.15, -0.1) is 0 Å². The van der Waals surface area contributed by atoms with Crippen molar-refractivity contribution in [3.63, 3.8) is 0 Å². The molecule has 1 fully saturated rings. The van der Waals surface area contributed by atoms with E-state index in [1.165, 1.54) is 5.01 Å². The van der Waals surface area contributed by atoms with Crippen LogP contribution in [0.4, 0.5) is 0 Å². The molecule has 2 aliphatic rings. The van der Waals surface area contributed by atoms with Gasteiger partial charge in [0.25, 0.3) is 0 Å². The number of carbonyl (C=O) groups is 1. The minimum Gasteiger partial charge on any atom is -0.391 e. The standard InChI is InChI=1S/C8H12N2O2/c11-7-3-1-2-6(7)10-8(12)4-5-9-10/h5-7,11H,1-4H2. The van der Waals surface area contributed by atoms with E-state index in [0.29, 0.717) is 6.42 Å². The number of hydrogen-bond donors (Lipinski definition) is 1. The van der Waals surface area contributed by atoms with E-state index in [4.69, 9.17) is 0 Å². The molecule has 0 aromatic carbocycles. The fourth-order valence-corrected chi connectivity index (χ4v) is 1.84. The summed E-state index contributed by atoms with van der Waals surface area (Å²) in [4.78, 5) is 11.2. The molecule has 1 aliphatic carbocycles. The summed E-state index contributed by atoms with van der Waals surface area (Å²) < 4.78 is 0. The highest BCUT2D eigenvalue weighted by atomic mass is 16.3. The molecule has 1 saturated carbocycles. The Labute approximate surface area is 70.9 Å². The van der Waals surface area contributed by atoms with Crippen LogP contribution < -0.4 is 0 Å². The summed E-state index contributed by atoms with van der Waals surface area (Å²) in [7, 11) is 0. The van der Waals surface area contributed by atoms with Gasteiger partial charge in [0.05, 0.1) is 18.6 Å². The van der Waals surface area contributed by atoms with Gasteiger partial charge in [0, 0.05) is 6.21 Å². The van der Waals surface area contributed by atoms with Crippen molar-refractivity contribution in [2.45, 2.75) is 37.8 Å². The molecule has 0 bridgehead atoms. The maximum Gasteiger partial charge on any atom is 0.248 e. The lowest BCUT2D eigenvalue weighted by Gasteiger charge is -2.22. The number of carbonyl (C=O) groups excluding carboxylic acids is 1. The predicted octanol–water partition coefficient (Wildman–Crippen LogP) is 0.118. The largest absolute Gasteiger partial charge is 0.391 e. The SMILES string of the molecule is O=C1CC=NN1C1CCCC1O. The third kappa shape index (κ3) is 1.12. The van der Waals surface area contributed by atoms with Gasteiger partial charge >= 0.3 is 0 Å². The van der Waals surface area contributed by atoms with Gasteiger partial charge < -0.3 is 5.11 Å². The van der Waals surface area contributed by atoms with Gasteiger partial charge in [-0.3, -0.25) is 4.79 Å². The summed E-state index contributed by atoms with van der Waals surface area (Å²) in [5, 5.41) is 14.9. The van der Waals surface area contributed by atoms with Gasteiger partial charge in [-0.2, -0.15) is 5.10 Å². The van der Waals surface area contributed by atoms with E-state index in [9.17, 15) is 9.90 Å². The summed E-state index contributed by atoms with van der Waals surface area (Å²) in [6.07, 6.45) is 4.29. The molecule has 4 nitrogen and oxygen atoms in total. The van der Waals surface area contributed by atoms with Gasteiger partial charge in [-0.25, -0.2) is 5.01 Å². The van der Waals surface area contributed by atoms with Crippen molar-refractivity contribution in [3.8, 4) is 0 Å². The number of aliphatic hydroxyl groups is 1. The molecule has 0 radical (unpaired) electrons. The van der Waals surface area contributed by atoms with Crippen LogP contribution in [-0.2, 0) is 4.79 Å². The van der Waals surface area contributed by atoms with Crippen molar-refractivity contribution in [1.82, 2.24) is 5.01 Å². The molecular weight excluding hydrogens is 156 g/mol. The molecule has 0 aromatic rings. The maximum absolute atomic E-state index is 11.2. The molecule has 2 unspecified atom stereocenters. The number of rotatable bonds is 1. The molecule has 1 N–H and O–H groups in total. The van der Waals surface area contributed by atoms with E-state index < -0.39 is 0 Å². The molecule has 0 saturated heterocycles. The molecule has 0 spiro atoms. The Morgan fingerprint density at radius 2 is 2.42 bits per heavy atom. The molecule has 0 aromatic heterocycles. The molecule has 1 heterocycles. The zero-order chi connectivity index (χ0) is 8.55. The van der Waals surface area contributed by atoms with Gasteiger partial charge in [-0.1, -0.05) is 0 Å². The third-order valence-electron chi connectivity index (χ3n) is 2.49. The Morgan fingerprint density at radius 1 is 1.58 bits per heavy atom. The zero-order valence-corrected chi connectivity index (χ0v) is 6.81. The first-order valence-electron chi connectivity index (χ1n) is 4.31. The molecule has 4 heteroatoms. The second kappa shape index (κ2) is 2.86. The average Bonchev–Trinajstić information content (AvgIpc) is 2.59. The third-order valence-corrected chi connectivity index (χ3v) is 2.49. The second-order valence-corrected chi connectivity index (χ2v) is 3.31. The first kappa shape index (κ1) is 7.73. The average molecular weight is 168 g/mol. The second-order valence-electron chi connectivity index (χ2n) is 3.31. The van der Waals surface area contributed by atoms with Crippen molar-refractivity contribution in [2.75, 3.05) is 0 Å². The van der Waals surface area contributed by atoms with Crippen LogP contribution >= 0.6 is 0 Å². The predicted molar refractivity (Wildman–Crippen MR) is 43.6 cm³/mol. The van der Waals surface area contributed by atoms with Crippen LogP contribution in [0.3, 0.4) is 0 Å². The number of hydrazone groups is 1. The van der Waals surface area contributed by atoms with Crippen LogP contribution in [0.2, 0.25) is 0 Å². The highest BCUT2D eigenvalue weighted by molar-refractivity contribution is 5.94. The summed E-state index contributed by atoms with van der Waals surface area (Å²) in [5.41, 5.74) is 0. The molecule has 2 atom stereocenters. The topological polar surface area (TPSA) is 52.9 Å². The van der Waals surface area contributed by atoms with Gasteiger partial charge in [0.2, 0.25) is 5.91 Å². The first-order valence-corrected chi connectivity index (χ1v) is 4.31. The highest BCUT2D eigenvalue weighted by Crippen LogP contribution is 2.26. The minimum atomic E-state index is -0.371. The van der Waals surface area contributed by atoms with E-state index in [1.807, 2.05) is 0 Å². The minimum absolute atomic E-state index is 0.0148. The zero-order valence-electron chi connectivity index (χ0n) is 6.81. The first-order chi connectivity index (χ1) is 5.79. The summed E-state index contributed by atoms with van der Waals surface area (Å²) in [6.45, 7) is 0. The van der Waals surface area contributed by atoms with Crippen molar-refractivity contribution >= 4 is 12.1 Å². The Hall–Kier alpha value is -0.900. The fraction of sp³-hybridized carbons (Fsp3) is 0.750. The van der Waals surface area contributed by atoms with Crippen molar-refractivity contribution in [3.05, 3.63) is 0 Å². The van der Waals surface area contributed by atoms with Crippen molar-refractivity contribution in [2.24, 2.45) is 5.10 Å². The normalized spacial score (nSPS) is 35.1. The molecular formula is C8H12N2O2. The number of amides is 1. The van der Waals surface area contributed by atoms with Gasteiger partial charge in [0.1, 0.15) is 0 Å². The van der Waals surface area contributed by atoms with Gasteiger partial charge in [0.15, 0.2) is 0 Å². The summed E-state index contributed by atoms with van der Waals surface area (Å²) in [5.74, 6) is 0.0148. The molecule has 1 aliphatic heterocycles. The van der Waals surface area contributed by atoms with E-state index in [2.05, 4.69) is 5.10 Å².